The number of benzene rings is 1. The molecule has 2 fully saturated rings. The molecule has 151 valence electrons. The van der Waals surface area contributed by atoms with Gasteiger partial charge in [-0.1, -0.05) is 0 Å². The summed E-state index contributed by atoms with van der Waals surface area (Å²) in [5.74, 6) is 0.837. The molecule has 9 heteroatoms. The molecule has 0 saturated carbocycles. The number of nitrogens with one attached hydrogen (secondary N) is 2. The standard InChI is InChI=1S/C20H22F2N7/c21-14-3-4-17(22)16(10-14)18-2-1-8-28(18)20-13-29(26-25-20)15-5-9-27(12-15)19-11-23-6-7-24-19/h3-4,6-7,10-11,15,18,25-26H,1-2,5,8-9,12H2/t15?,18-/m1/s1. The third kappa shape index (κ3) is 3.46. The molecule has 3 aliphatic heterocycles. The number of rotatable bonds is 4. The molecule has 2 saturated heterocycles. The summed E-state index contributed by atoms with van der Waals surface area (Å²) in [7, 11) is 0. The minimum atomic E-state index is -0.416. The van der Waals surface area contributed by atoms with Crippen LogP contribution in [0.4, 0.5) is 14.6 Å². The lowest BCUT2D eigenvalue weighted by Crippen LogP contribution is -2.45. The Morgan fingerprint density at radius 2 is 2.07 bits per heavy atom. The zero-order chi connectivity index (χ0) is 19.8. The van der Waals surface area contributed by atoms with Crippen molar-refractivity contribution >= 4 is 5.82 Å². The topological polar surface area (TPSA) is 59.6 Å². The maximum Gasteiger partial charge on any atom is 0.147 e. The van der Waals surface area contributed by atoms with Gasteiger partial charge in [0.2, 0.25) is 0 Å². The molecular formula is C20H22F2N7. The molecule has 1 aromatic carbocycles. The van der Waals surface area contributed by atoms with Gasteiger partial charge in [-0.3, -0.25) is 15.4 Å². The SMILES string of the molecule is Fc1ccc(F)c([C@H]2CCCN2C2=[C]N(C3CCN(c4cnccn4)C3)NN2)c1. The first kappa shape index (κ1) is 18.1. The van der Waals surface area contributed by atoms with Crippen molar-refractivity contribution in [2.24, 2.45) is 0 Å². The van der Waals surface area contributed by atoms with Crippen molar-refractivity contribution in [1.29, 1.82) is 0 Å². The lowest BCUT2D eigenvalue weighted by Gasteiger charge is -2.27. The van der Waals surface area contributed by atoms with E-state index >= 15 is 0 Å². The molecule has 2 N–H and O–H groups in total. The normalized spacial score (nSPS) is 24.2. The van der Waals surface area contributed by atoms with Crippen LogP contribution in [0, 0.1) is 17.8 Å². The minimum Gasteiger partial charge on any atom is -0.353 e. The molecule has 5 rings (SSSR count). The predicted octanol–water partition coefficient (Wildman–Crippen LogP) is 2.10. The highest BCUT2D eigenvalue weighted by atomic mass is 19.1. The van der Waals surface area contributed by atoms with E-state index < -0.39 is 5.82 Å². The fourth-order valence-electron chi connectivity index (χ4n) is 4.34. The van der Waals surface area contributed by atoms with Crippen LogP contribution in [0.2, 0.25) is 0 Å². The highest BCUT2D eigenvalue weighted by molar-refractivity contribution is 5.37. The van der Waals surface area contributed by atoms with Crippen molar-refractivity contribution in [1.82, 2.24) is 30.8 Å². The summed E-state index contributed by atoms with van der Waals surface area (Å²) in [4.78, 5) is 12.8. The van der Waals surface area contributed by atoms with E-state index in [0.29, 0.717) is 5.56 Å². The van der Waals surface area contributed by atoms with Gasteiger partial charge in [-0.2, -0.15) is 0 Å². The van der Waals surface area contributed by atoms with Crippen molar-refractivity contribution in [3.63, 3.8) is 0 Å². The molecule has 1 aromatic heterocycles. The highest BCUT2D eigenvalue weighted by Gasteiger charge is 2.35. The summed E-state index contributed by atoms with van der Waals surface area (Å²) >= 11 is 0. The van der Waals surface area contributed by atoms with Gasteiger partial charge in [0, 0.05) is 37.6 Å². The van der Waals surface area contributed by atoms with Crippen LogP contribution in [0.5, 0.6) is 0 Å². The second-order valence-electron chi connectivity index (χ2n) is 7.54. The second-order valence-corrected chi connectivity index (χ2v) is 7.54. The first-order chi connectivity index (χ1) is 14.2. The van der Waals surface area contributed by atoms with Gasteiger partial charge in [-0.25, -0.2) is 13.8 Å². The van der Waals surface area contributed by atoms with Gasteiger partial charge in [0.05, 0.1) is 18.3 Å². The average molecular weight is 398 g/mol. The number of halogens is 2. The zero-order valence-corrected chi connectivity index (χ0v) is 15.9. The Morgan fingerprint density at radius 3 is 2.93 bits per heavy atom. The fourth-order valence-corrected chi connectivity index (χ4v) is 4.34. The third-order valence-corrected chi connectivity index (χ3v) is 5.78. The summed E-state index contributed by atoms with van der Waals surface area (Å²) in [6, 6.07) is 3.67. The maximum absolute atomic E-state index is 14.3. The molecule has 4 heterocycles. The van der Waals surface area contributed by atoms with Crippen LogP contribution in [-0.2, 0) is 0 Å². The van der Waals surface area contributed by atoms with E-state index in [1.807, 2.05) is 5.01 Å². The van der Waals surface area contributed by atoms with E-state index in [9.17, 15) is 8.78 Å². The molecular weight excluding hydrogens is 376 g/mol. The maximum atomic E-state index is 14.3. The lowest BCUT2D eigenvalue weighted by atomic mass is 10.0. The Balaban J connectivity index is 1.30. The fraction of sp³-hybridized carbons (Fsp3) is 0.400. The largest absolute Gasteiger partial charge is 0.353 e. The number of anilines is 1. The number of aromatic nitrogens is 2. The van der Waals surface area contributed by atoms with Gasteiger partial charge in [0.25, 0.3) is 0 Å². The van der Waals surface area contributed by atoms with Crippen LogP contribution in [0.3, 0.4) is 0 Å². The van der Waals surface area contributed by atoms with E-state index in [2.05, 4.69) is 36.9 Å². The first-order valence-corrected chi connectivity index (χ1v) is 9.86. The van der Waals surface area contributed by atoms with Gasteiger partial charge in [0.15, 0.2) is 0 Å². The molecule has 0 aliphatic carbocycles. The van der Waals surface area contributed by atoms with Crippen LogP contribution in [-0.4, -0.2) is 45.6 Å². The van der Waals surface area contributed by atoms with E-state index in [1.165, 1.54) is 12.1 Å². The minimum absolute atomic E-state index is 0.206. The van der Waals surface area contributed by atoms with E-state index in [0.717, 1.165) is 56.6 Å². The van der Waals surface area contributed by atoms with Crippen LogP contribution < -0.4 is 15.9 Å². The molecule has 1 radical (unpaired) electrons. The molecule has 3 aliphatic rings. The monoisotopic (exact) mass is 398 g/mol. The summed E-state index contributed by atoms with van der Waals surface area (Å²) in [6.45, 7) is 2.46. The second kappa shape index (κ2) is 7.47. The smallest absolute Gasteiger partial charge is 0.147 e. The zero-order valence-electron chi connectivity index (χ0n) is 15.9. The summed E-state index contributed by atoms with van der Waals surface area (Å²) in [6.07, 6.45) is 11.1. The first-order valence-electron chi connectivity index (χ1n) is 9.86. The van der Waals surface area contributed by atoms with Crippen LogP contribution >= 0.6 is 0 Å². The van der Waals surface area contributed by atoms with Crippen molar-refractivity contribution in [2.45, 2.75) is 31.3 Å². The number of hydrazine groups is 2. The summed E-state index contributed by atoms with van der Waals surface area (Å²) in [5, 5.41) is 1.93. The van der Waals surface area contributed by atoms with Gasteiger partial charge >= 0.3 is 0 Å². The van der Waals surface area contributed by atoms with Crippen LogP contribution in [0.25, 0.3) is 0 Å². The Labute approximate surface area is 168 Å². The van der Waals surface area contributed by atoms with E-state index in [-0.39, 0.29) is 17.9 Å². The summed E-state index contributed by atoms with van der Waals surface area (Å²) < 4.78 is 28.0. The Bertz CT molecular complexity index is 907. The number of hydrogen-bond acceptors (Lipinski definition) is 7. The van der Waals surface area contributed by atoms with Crippen LogP contribution in [0.1, 0.15) is 30.9 Å². The quantitative estimate of drug-likeness (QED) is 0.818. The van der Waals surface area contributed by atoms with Crippen molar-refractivity contribution in [3.8, 4) is 0 Å². The van der Waals surface area contributed by atoms with Crippen molar-refractivity contribution in [2.75, 3.05) is 24.5 Å². The Morgan fingerprint density at radius 1 is 1.14 bits per heavy atom. The molecule has 29 heavy (non-hydrogen) atoms. The lowest BCUT2D eigenvalue weighted by molar-refractivity contribution is 0.195. The summed E-state index contributed by atoms with van der Waals surface area (Å²) in [5.41, 5.74) is 6.71. The molecule has 0 spiro atoms. The van der Waals surface area contributed by atoms with Gasteiger partial charge in [-0.15, -0.1) is 5.53 Å². The molecule has 7 nitrogen and oxygen atoms in total. The number of hydrogen-bond donors (Lipinski definition) is 2. The highest BCUT2D eigenvalue weighted by Crippen LogP contribution is 2.36. The van der Waals surface area contributed by atoms with Crippen LogP contribution in [0.15, 0.2) is 42.6 Å². The van der Waals surface area contributed by atoms with Crippen molar-refractivity contribution in [3.05, 3.63) is 66.0 Å². The molecule has 0 amide bonds. The molecule has 2 atom stereocenters. The predicted molar refractivity (Wildman–Crippen MR) is 103 cm³/mol. The Hall–Kier alpha value is -2.94. The van der Waals surface area contributed by atoms with Gasteiger partial charge in [0.1, 0.15) is 29.5 Å². The Kier molecular flexibility index (Phi) is 4.67. The molecule has 2 aromatic rings. The third-order valence-electron chi connectivity index (χ3n) is 5.78. The van der Waals surface area contributed by atoms with E-state index in [4.69, 9.17) is 0 Å². The molecule has 0 bridgehead atoms. The van der Waals surface area contributed by atoms with Gasteiger partial charge in [-0.05, 0) is 37.5 Å². The van der Waals surface area contributed by atoms with E-state index in [1.54, 1.807) is 18.6 Å². The van der Waals surface area contributed by atoms with Crippen molar-refractivity contribution < 1.29 is 8.78 Å². The molecule has 1 unspecified atom stereocenters. The van der Waals surface area contributed by atoms with Gasteiger partial charge < -0.3 is 9.80 Å². The number of nitrogens with zero attached hydrogens (tertiary/aromatic N) is 5. The average Bonchev–Trinajstić information content (AvgIpc) is 3.49. The number of likely N-dealkylation sites (tertiary alicyclic amines) is 1.